The van der Waals surface area contributed by atoms with Gasteiger partial charge in [0, 0.05) is 17.8 Å². The first-order valence-electron chi connectivity index (χ1n) is 8.03. The van der Waals surface area contributed by atoms with Crippen molar-refractivity contribution >= 4 is 17.3 Å². The first kappa shape index (κ1) is 17.4. The van der Waals surface area contributed by atoms with Crippen LogP contribution in [0, 0.1) is 10.1 Å². The lowest BCUT2D eigenvalue weighted by Gasteiger charge is -2.17. The predicted octanol–water partition coefficient (Wildman–Crippen LogP) is 2.00. The molecule has 0 saturated heterocycles. The highest BCUT2D eigenvalue weighted by atomic mass is 16.6. The molecular weight excluding hydrogens is 338 g/mol. The zero-order valence-corrected chi connectivity index (χ0v) is 13.9. The Labute approximate surface area is 149 Å². The van der Waals surface area contributed by atoms with E-state index in [1.54, 1.807) is 30.7 Å². The maximum atomic E-state index is 12.4. The molecule has 0 aliphatic rings. The van der Waals surface area contributed by atoms with Gasteiger partial charge >= 0.3 is 0 Å². The number of anilines is 1. The van der Waals surface area contributed by atoms with Crippen LogP contribution in [0.4, 0.5) is 11.4 Å². The van der Waals surface area contributed by atoms with Crippen LogP contribution in [0.15, 0.2) is 69.9 Å². The summed E-state index contributed by atoms with van der Waals surface area (Å²) >= 11 is 0. The Morgan fingerprint density at radius 2 is 1.69 bits per heavy atom. The highest BCUT2D eigenvalue weighted by Crippen LogP contribution is 2.16. The van der Waals surface area contributed by atoms with Crippen LogP contribution in [-0.4, -0.2) is 17.4 Å². The van der Waals surface area contributed by atoms with Crippen molar-refractivity contribution in [2.75, 3.05) is 11.9 Å². The van der Waals surface area contributed by atoms with Gasteiger partial charge < -0.3 is 19.1 Å². The molecule has 0 radical (unpaired) electrons. The van der Waals surface area contributed by atoms with Gasteiger partial charge in [-0.1, -0.05) is 6.07 Å². The number of carbonyl (C=O) groups is 1. The summed E-state index contributed by atoms with van der Waals surface area (Å²) in [7, 11) is 0. The van der Waals surface area contributed by atoms with Crippen LogP contribution in [-0.2, 0) is 17.9 Å². The summed E-state index contributed by atoms with van der Waals surface area (Å²) in [6.45, 7) is 1.18. The summed E-state index contributed by atoms with van der Waals surface area (Å²) in [5.41, 5.74) is 0.317. The van der Waals surface area contributed by atoms with E-state index in [4.69, 9.17) is 8.83 Å². The van der Waals surface area contributed by atoms with E-state index in [0.717, 1.165) is 16.4 Å². The Morgan fingerprint density at radius 1 is 1.04 bits per heavy atom. The Bertz CT molecular complexity index is 823. The second-order valence-electron chi connectivity index (χ2n) is 5.79. The van der Waals surface area contributed by atoms with Gasteiger partial charge in [-0.3, -0.25) is 14.9 Å². The SMILES string of the molecule is O=C(C[NH+](Cc1ccco1)Cc1ccco1)Nc1cccc([N+](=O)[O-])c1. The fourth-order valence-corrected chi connectivity index (χ4v) is 2.64. The number of hydrogen-bond acceptors (Lipinski definition) is 5. The van der Waals surface area contributed by atoms with Gasteiger partial charge in [0.25, 0.3) is 11.6 Å². The Kier molecular flexibility index (Phi) is 5.45. The van der Waals surface area contributed by atoms with Crippen molar-refractivity contribution in [3.05, 3.63) is 82.7 Å². The Morgan fingerprint density at radius 3 is 2.23 bits per heavy atom. The lowest BCUT2D eigenvalue weighted by Crippen LogP contribution is -3.10. The van der Waals surface area contributed by atoms with Crippen LogP contribution >= 0.6 is 0 Å². The van der Waals surface area contributed by atoms with E-state index in [-0.39, 0.29) is 18.1 Å². The van der Waals surface area contributed by atoms with Crippen LogP contribution in [0.3, 0.4) is 0 Å². The quantitative estimate of drug-likeness (QED) is 0.475. The third-order valence-corrected chi connectivity index (χ3v) is 3.76. The summed E-state index contributed by atoms with van der Waals surface area (Å²) in [6.07, 6.45) is 3.17. The van der Waals surface area contributed by atoms with E-state index in [9.17, 15) is 14.9 Å². The maximum Gasteiger partial charge on any atom is 0.279 e. The molecule has 0 aliphatic heterocycles. The van der Waals surface area contributed by atoms with Gasteiger partial charge in [0.2, 0.25) is 0 Å². The molecule has 3 aromatic rings. The number of rotatable bonds is 8. The van der Waals surface area contributed by atoms with E-state index in [1.165, 1.54) is 18.2 Å². The van der Waals surface area contributed by atoms with Gasteiger partial charge in [0.15, 0.2) is 18.1 Å². The first-order chi connectivity index (χ1) is 12.6. The molecule has 8 nitrogen and oxygen atoms in total. The number of nitrogens with zero attached hydrogens (tertiary/aromatic N) is 1. The topological polar surface area (TPSA) is 103 Å². The largest absolute Gasteiger partial charge is 0.463 e. The summed E-state index contributed by atoms with van der Waals surface area (Å²) in [5.74, 6) is 1.27. The maximum absolute atomic E-state index is 12.4. The number of hydrogen-bond donors (Lipinski definition) is 2. The van der Waals surface area contributed by atoms with Crippen molar-refractivity contribution in [3.63, 3.8) is 0 Å². The van der Waals surface area contributed by atoms with Crippen molar-refractivity contribution in [1.82, 2.24) is 0 Å². The van der Waals surface area contributed by atoms with Crippen LogP contribution in [0.1, 0.15) is 11.5 Å². The lowest BCUT2D eigenvalue weighted by molar-refractivity contribution is -0.921. The van der Waals surface area contributed by atoms with E-state index >= 15 is 0 Å². The van der Waals surface area contributed by atoms with E-state index in [2.05, 4.69) is 5.32 Å². The molecule has 2 aromatic heterocycles. The van der Waals surface area contributed by atoms with Gasteiger partial charge in [-0.25, -0.2) is 0 Å². The molecule has 8 heteroatoms. The minimum Gasteiger partial charge on any atom is -0.463 e. The molecule has 0 bridgehead atoms. The summed E-state index contributed by atoms with van der Waals surface area (Å²) < 4.78 is 10.7. The molecule has 3 rings (SSSR count). The number of nitrogens with one attached hydrogen (secondary N) is 2. The molecule has 0 aliphatic carbocycles. The second kappa shape index (κ2) is 8.13. The molecule has 26 heavy (non-hydrogen) atoms. The normalized spacial score (nSPS) is 10.8. The van der Waals surface area contributed by atoms with Crippen molar-refractivity contribution < 1.29 is 23.5 Å². The summed E-state index contributed by atoms with van der Waals surface area (Å²) in [5, 5.41) is 13.5. The predicted molar refractivity (Wildman–Crippen MR) is 92.4 cm³/mol. The standard InChI is InChI=1S/C18H17N3O5/c22-18(19-14-4-1-5-15(10-14)21(23)24)13-20(11-16-6-2-8-25-16)12-17-7-3-9-26-17/h1-10H,11-13H2,(H,19,22)/p+1. The average molecular weight is 356 g/mol. The highest BCUT2D eigenvalue weighted by molar-refractivity contribution is 5.91. The lowest BCUT2D eigenvalue weighted by atomic mass is 10.2. The van der Waals surface area contributed by atoms with E-state index in [1.807, 2.05) is 12.1 Å². The molecule has 1 aromatic carbocycles. The fraction of sp³-hybridized carbons (Fsp3) is 0.167. The first-order valence-corrected chi connectivity index (χ1v) is 8.03. The minimum atomic E-state index is -0.499. The van der Waals surface area contributed by atoms with Crippen molar-refractivity contribution in [2.45, 2.75) is 13.1 Å². The summed E-state index contributed by atoms with van der Waals surface area (Å²) in [6, 6.07) is 13.1. The number of carbonyl (C=O) groups excluding carboxylic acids is 1. The molecule has 0 fully saturated rings. The van der Waals surface area contributed by atoms with Crippen molar-refractivity contribution in [2.24, 2.45) is 0 Å². The van der Waals surface area contributed by atoms with Gasteiger partial charge in [-0.05, 0) is 30.3 Å². The molecule has 2 N–H and O–H groups in total. The van der Waals surface area contributed by atoms with Gasteiger partial charge in [-0.2, -0.15) is 0 Å². The Hall–Kier alpha value is -3.39. The number of benzene rings is 1. The minimum absolute atomic E-state index is 0.0711. The number of quaternary nitrogens is 1. The van der Waals surface area contributed by atoms with Crippen LogP contribution in [0.25, 0.3) is 0 Å². The fourth-order valence-electron chi connectivity index (χ4n) is 2.64. The summed E-state index contributed by atoms with van der Waals surface area (Å²) in [4.78, 5) is 23.7. The van der Waals surface area contributed by atoms with Gasteiger partial charge in [-0.15, -0.1) is 0 Å². The zero-order valence-electron chi connectivity index (χ0n) is 13.9. The molecule has 134 valence electrons. The van der Waals surface area contributed by atoms with Crippen LogP contribution < -0.4 is 10.2 Å². The molecule has 2 heterocycles. The number of non-ortho nitro benzene ring substituents is 1. The number of nitro benzene ring substituents is 1. The monoisotopic (exact) mass is 356 g/mol. The number of amides is 1. The third kappa shape index (κ3) is 4.81. The van der Waals surface area contributed by atoms with Crippen LogP contribution in [0.2, 0.25) is 0 Å². The van der Waals surface area contributed by atoms with Crippen LogP contribution in [0.5, 0.6) is 0 Å². The molecule has 1 amide bonds. The molecular formula is C18H18N3O5+. The average Bonchev–Trinajstić information content (AvgIpc) is 3.29. The zero-order chi connectivity index (χ0) is 18.4. The highest BCUT2D eigenvalue weighted by Gasteiger charge is 2.19. The molecule has 0 saturated carbocycles. The Balaban J connectivity index is 1.66. The number of furan rings is 2. The van der Waals surface area contributed by atoms with Crippen molar-refractivity contribution in [3.8, 4) is 0 Å². The molecule has 0 atom stereocenters. The smallest absolute Gasteiger partial charge is 0.279 e. The molecule has 0 unspecified atom stereocenters. The van der Waals surface area contributed by atoms with E-state index in [0.29, 0.717) is 18.8 Å². The van der Waals surface area contributed by atoms with E-state index < -0.39 is 4.92 Å². The van der Waals surface area contributed by atoms with Gasteiger partial charge in [0.05, 0.1) is 17.4 Å². The number of nitro groups is 1. The van der Waals surface area contributed by atoms with Gasteiger partial charge in [0.1, 0.15) is 13.1 Å². The molecule has 0 spiro atoms. The third-order valence-electron chi connectivity index (χ3n) is 3.76. The van der Waals surface area contributed by atoms with Crippen molar-refractivity contribution in [1.29, 1.82) is 0 Å². The second-order valence-corrected chi connectivity index (χ2v) is 5.79.